The lowest BCUT2D eigenvalue weighted by molar-refractivity contribution is -0.209. The Morgan fingerprint density at radius 1 is 1.12 bits per heavy atom. The largest absolute Gasteiger partial charge is 0.425 e. The van der Waals surface area contributed by atoms with Crippen molar-refractivity contribution in [3.05, 3.63) is 0 Å². The standard InChI is InChI=1S/C22H39NO9S/c1-5-10-18(25)31-21(17-11-7-6-8-12-17)32-20(27)19(26)22(3,4)15-30-33(28,29)14-9-13-23-16(2)24/h17,19,21,26H,5-15H2,1-4H3,(H,23,24)/t19-,21?/m0/s1. The number of rotatable bonds is 14. The lowest BCUT2D eigenvalue weighted by atomic mass is 9.87. The monoisotopic (exact) mass is 493 g/mol. The van der Waals surface area contributed by atoms with Gasteiger partial charge < -0.3 is 19.9 Å². The van der Waals surface area contributed by atoms with Crippen LogP contribution in [0.15, 0.2) is 0 Å². The second kappa shape index (κ2) is 13.9. The number of nitrogens with one attached hydrogen (secondary N) is 1. The molecule has 33 heavy (non-hydrogen) atoms. The van der Waals surface area contributed by atoms with Gasteiger partial charge in [-0.1, -0.05) is 40.0 Å². The van der Waals surface area contributed by atoms with Crippen LogP contribution in [-0.2, 0) is 38.2 Å². The summed E-state index contributed by atoms with van der Waals surface area (Å²) in [6.45, 7) is 5.86. The number of carbonyl (C=O) groups is 3. The molecule has 0 bridgehead atoms. The number of esters is 2. The van der Waals surface area contributed by atoms with E-state index in [-0.39, 0.29) is 37.0 Å². The maximum Gasteiger partial charge on any atom is 0.338 e. The van der Waals surface area contributed by atoms with E-state index in [4.69, 9.17) is 13.7 Å². The molecule has 0 aromatic rings. The number of aliphatic hydroxyl groups excluding tert-OH is 1. The smallest absolute Gasteiger partial charge is 0.338 e. The molecule has 2 N–H and O–H groups in total. The summed E-state index contributed by atoms with van der Waals surface area (Å²) in [5.41, 5.74) is -1.29. The number of amides is 1. The molecule has 2 atom stereocenters. The maximum absolute atomic E-state index is 12.7. The average Bonchev–Trinajstić information content (AvgIpc) is 2.75. The van der Waals surface area contributed by atoms with Crippen LogP contribution in [0, 0.1) is 11.3 Å². The second-order valence-corrected chi connectivity index (χ2v) is 11.0. The quantitative estimate of drug-likeness (QED) is 0.161. The van der Waals surface area contributed by atoms with Crippen LogP contribution in [-0.4, -0.2) is 62.7 Å². The number of hydrogen-bond donors (Lipinski definition) is 2. The van der Waals surface area contributed by atoms with E-state index in [1.165, 1.54) is 20.8 Å². The van der Waals surface area contributed by atoms with Crippen LogP contribution in [0.4, 0.5) is 0 Å². The van der Waals surface area contributed by atoms with Gasteiger partial charge in [-0.25, -0.2) is 4.79 Å². The highest BCUT2D eigenvalue weighted by atomic mass is 32.2. The zero-order valence-corrected chi connectivity index (χ0v) is 20.9. The predicted octanol–water partition coefficient (Wildman–Crippen LogP) is 2.04. The van der Waals surface area contributed by atoms with E-state index in [0.29, 0.717) is 6.42 Å². The van der Waals surface area contributed by atoms with Crippen LogP contribution < -0.4 is 5.32 Å². The van der Waals surface area contributed by atoms with Crippen molar-refractivity contribution in [2.24, 2.45) is 11.3 Å². The SMILES string of the molecule is CCCC(=O)OC(OC(=O)[C@H](O)C(C)(C)COS(=O)(=O)CCCNC(C)=O)C1CCCCC1. The van der Waals surface area contributed by atoms with Crippen molar-refractivity contribution in [2.45, 2.75) is 91.5 Å². The third kappa shape index (κ3) is 11.3. The van der Waals surface area contributed by atoms with E-state index < -0.39 is 46.5 Å². The van der Waals surface area contributed by atoms with Gasteiger partial charge in [-0.3, -0.25) is 13.8 Å². The van der Waals surface area contributed by atoms with Crippen LogP contribution in [0.1, 0.15) is 79.1 Å². The van der Waals surface area contributed by atoms with E-state index in [1.54, 1.807) is 0 Å². The van der Waals surface area contributed by atoms with E-state index in [9.17, 15) is 27.9 Å². The van der Waals surface area contributed by atoms with Gasteiger partial charge in [0.2, 0.25) is 12.2 Å². The molecule has 0 spiro atoms. The first kappa shape index (κ1) is 29.3. The number of ether oxygens (including phenoxy) is 2. The van der Waals surface area contributed by atoms with Crippen LogP contribution in [0.2, 0.25) is 0 Å². The number of hydrogen-bond acceptors (Lipinski definition) is 9. The van der Waals surface area contributed by atoms with Gasteiger partial charge in [-0.05, 0) is 25.7 Å². The first-order chi connectivity index (χ1) is 15.4. The lowest BCUT2D eigenvalue weighted by Gasteiger charge is -2.32. The van der Waals surface area contributed by atoms with E-state index in [1.807, 2.05) is 6.92 Å². The molecule has 1 amide bonds. The molecule has 10 nitrogen and oxygen atoms in total. The van der Waals surface area contributed by atoms with Gasteiger partial charge >= 0.3 is 11.9 Å². The molecule has 11 heteroatoms. The first-order valence-corrected chi connectivity index (χ1v) is 13.1. The average molecular weight is 494 g/mol. The normalized spacial score (nSPS) is 17.1. The maximum atomic E-state index is 12.7. The van der Waals surface area contributed by atoms with E-state index in [0.717, 1.165) is 32.1 Å². The minimum Gasteiger partial charge on any atom is -0.425 e. The Kier molecular flexibility index (Phi) is 12.3. The van der Waals surface area contributed by atoms with Gasteiger partial charge in [0.1, 0.15) is 0 Å². The predicted molar refractivity (Wildman–Crippen MR) is 120 cm³/mol. The van der Waals surface area contributed by atoms with Crippen molar-refractivity contribution in [3.8, 4) is 0 Å². The van der Waals surface area contributed by atoms with Gasteiger partial charge in [-0.2, -0.15) is 8.42 Å². The molecule has 0 saturated heterocycles. The van der Waals surface area contributed by atoms with E-state index in [2.05, 4.69) is 5.32 Å². The molecular weight excluding hydrogens is 454 g/mol. The van der Waals surface area contributed by atoms with Crippen LogP contribution in [0.5, 0.6) is 0 Å². The Labute approximate surface area is 196 Å². The molecule has 192 valence electrons. The summed E-state index contributed by atoms with van der Waals surface area (Å²) < 4.78 is 40.0. The van der Waals surface area contributed by atoms with Gasteiger partial charge in [0, 0.05) is 31.2 Å². The second-order valence-electron chi connectivity index (χ2n) is 9.19. The van der Waals surface area contributed by atoms with Crippen molar-refractivity contribution in [1.82, 2.24) is 5.32 Å². The molecule has 0 aliphatic heterocycles. The van der Waals surface area contributed by atoms with Crippen molar-refractivity contribution < 1.29 is 41.6 Å². The first-order valence-electron chi connectivity index (χ1n) is 11.6. The van der Waals surface area contributed by atoms with Crippen molar-refractivity contribution >= 4 is 28.0 Å². The highest BCUT2D eigenvalue weighted by Gasteiger charge is 2.39. The minimum absolute atomic E-state index is 0.140. The van der Waals surface area contributed by atoms with Crippen molar-refractivity contribution in [2.75, 3.05) is 18.9 Å². The summed E-state index contributed by atoms with van der Waals surface area (Å²) in [4.78, 5) is 35.5. The Morgan fingerprint density at radius 2 is 1.76 bits per heavy atom. The van der Waals surface area contributed by atoms with Gasteiger partial charge in [0.15, 0.2) is 6.10 Å². The van der Waals surface area contributed by atoms with Crippen LogP contribution in [0.25, 0.3) is 0 Å². The van der Waals surface area contributed by atoms with Crippen LogP contribution >= 0.6 is 0 Å². The molecule has 0 aromatic carbocycles. The molecule has 1 rings (SSSR count). The molecule has 1 saturated carbocycles. The fourth-order valence-electron chi connectivity index (χ4n) is 3.41. The highest BCUT2D eigenvalue weighted by Crippen LogP contribution is 2.30. The topological polar surface area (TPSA) is 145 Å². The molecule has 0 radical (unpaired) electrons. The summed E-state index contributed by atoms with van der Waals surface area (Å²) in [6.07, 6.45) is 2.61. The highest BCUT2D eigenvalue weighted by molar-refractivity contribution is 7.86. The fraction of sp³-hybridized carbons (Fsp3) is 0.864. The third-order valence-electron chi connectivity index (χ3n) is 5.49. The minimum atomic E-state index is -3.92. The Hall–Kier alpha value is -1.72. The number of carbonyl (C=O) groups excluding carboxylic acids is 3. The zero-order chi connectivity index (χ0) is 25.1. The third-order valence-corrected chi connectivity index (χ3v) is 6.75. The molecule has 1 aliphatic rings. The lowest BCUT2D eigenvalue weighted by Crippen LogP contribution is -2.44. The van der Waals surface area contributed by atoms with Gasteiger partial charge in [0.05, 0.1) is 12.4 Å². The fourth-order valence-corrected chi connectivity index (χ4v) is 4.51. The van der Waals surface area contributed by atoms with Gasteiger partial charge in [-0.15, -0.1) is 0 Å². The Morgan fingerprint density at radius 3 is 2.33 bits per heavy atom. The van der Waals surface area contributed by atoms with Gasteiger partial charge in [0.25, 0.3) is 10.1 Å². The Bertz CT molecular complexity index is 745. The summed E-state index contributed by atoms with van der Waals surface area (Å²) >= 11 is 0. The summed E-state index contributed by atoms with van der Waals surface area (Å²) in [5.74, 6) is -2.18. The molecule has 0 aromatic heterocycles. The summed E-state index contributed by atoms with van der Waals surface area (Å²) in [6, 6.07) is 0. The Balaban J connectivity index is 2.69. The van der Waals surface area contributed by atoms with Crippen molar-refractivity contribution in [3.63, 3.8) is 0 Å². The number of aliphatic hydroxyl groups is 1. The molecule has 1 fully saturated rings. The zero-order valence-electron chi connectivity index (χ0n) is 20.1. The summed E-state index contributed by atoms with van der Waals surface area (Å²) in [5, 5.41) is 13.1. The van der Waals surface area contributed by atoms with E-state index >= 15 is 0 Å². The summed E-state index contributed by atoms with van der Waals surface area (Å²) in [7, 11) is -3.92. The molecule has 1 unspecified atom stereocenters. The molecule has 0 heterocycles. The van der Waals surface area contributed by atoms with Crippen molar-refractivity contribution in [1.29, 1.82) is 0 Å². The van der Waals surface area contributed by atoms with Crippen LogP contribution in [0.3, 0.4) is 0 Å². The molecular formula is C22H39NO9S. The molecule has 1 aliphatic carbocycles.